The predicted octanol–water partition coefficient (Wildman–Crippen LogP) is 3.92. The number of piperidine rings is 1. The smallest absolute Gasteiger partial charge is 0.0451 e. The van der Waals surface area contributed by atoms with Crippen LogP contribution in [0.15, 0.2) is 22.7 Å². The average Bonchev–Trinajstić information content (AvgIpc) is 2.43. The highest BCUT2D eigenvalue weighted by molar-refractivity contribution is 9.10. The van der Waals surface area contributed by atoms with Crippen LogP contribution in [0.4, 0.5) is 0 Å². The highest BCUT2D eigenvalue weighted by Gasteiger charge is 2.17. The van der Waals surface area contributed by atoms with Crippen molar-refractivity contribution >= 4 is 27.5 Å². The van der Waals surface area contributed by atoms with Crippen LogP contribution in [0.3, 0.4) is 0 Å². The van der Waals surface area contributed by atoms with E-state index in [0.29, 0.717) is 0 Å². The number of halogens is 2. The molecule has 0 aromatic heterocycles. The second-order valence-corrected chi connectivity index (χ2v) is 6.57. The highest BCUT2D eigenvalue weighted by atomic mass is 79.9. The number of hydrogen-bond donors (Lipinski definition) is 1. The van der Waals surface area contributed by atoms with E-state index >= 15 is 0 Å². The Labute approximate surface area is 129 Å². The minimum Gasteiger partial charge on any atom is -0.312 e. The minimum absolute atomic E-state index is 0.814. The minimum atomic E-state index is 0.814. The Balaban J connectivity index is 1.73. The van der Waals surface area contributed by atoms with Gasteiger partial charge in [0.2, 0.25) is 0 Å². The van der Waals surface area contributed by atoms with Gasteiger partial charge in [0, 0.05) is 16.0 Å². The third-order valence-electron chi connectivity index (χ3n) is 3.91. The van der Waals surface area contributed by atoms with Gasteiger partial charge in [-0.15, -0.1) is 0 Å². The highest BCUT2D eigenvalue weighted by Crippen LogP contribution is 2.21. The van der Waals surface area contributed by atoms with Crippen LogP contribution in [-0.2, 0) is 6.54 Å². The van der Waals surface area contributed by atoms with Crippen LogP contribution in [0, 0.1) is 5.92 Å². The van der Waals surface area contributed by atoms with Gasteiger partial charge in [-0.05, 0) is 68.7 Å². The van der Waals surface area contributed by atoms with E-state index in [1.54, 1.807) is 0 Å². The fourth-order valence-electron chi connectivity index (χ4n) is 2.60. The van der Waals surface area contributed by atoms with Gasteiger partial charge in [0.05, 0.1) is 0 Å². The second kappa shape index (κ2) is 7.63. The SMILES string of the molecule is CCN1CCC(CNCc2cc(Br)ccc2Cl)CC1. The first kappa shape index (κ1) is 15.3. The topological polar surface area (TPSA) is 15.3 Å². The molecule has 0 saturated carbocycles. The van der Waals surface area contributed by atoms with E-state index < -0.39 is 0 Å². The summed E-state index contributed by atoms with van der Waals surface area (Å²) in [5, 5.41) is 4.39. The quantitative estimate of drug-likeness (QED) is 0.870. The van der Waals surface area contributed by atoms with Crippen LogP contribution in [0.5, 0.6) is 0 Å². The maximum absolute atomic E-state index is 6.19. The molecular weight excluding hydrogens is 324 g/mol. The molecule has 4 heteroatoms. The molecule has 0 atom stereocenters. The third kappa shape index (κ3) is 4.75. The van der Waals surface area contributed by atoms with Gasteiger partial charge in [-0.2, -0.15) is 0 Å². The van der Waals surface area contributed by atoms with Gasteiger partial charge in [0.25, 0.3) is 0 Å². The van der Waals surface area contributed by atoms with Crippen molar-refractivity contribution in [1.82, 2.24) is 10.2 Å². The van der Waals surface area contributed by atoms with Crippen molar-refractivity contribution in [3.05, 3.63) is 33.3 Å². The van der Waals surface area contributed by atoms with Crippen LogP contribution in [-0.4, -0.2) is 31.1 Å². The maximum Gasteiger partial charge on any atom is 0.0451 e. The van der Waals surface area contributed by atoms with Gasteiger partial charge in [-0.25, -0.2) is 0 Å². The zero-order valence-electron chi connectivity index (χ0n) is 11.5. The molecule has 1 heterocycles. The molecular formula is C15H22BrClN2. The Morgan fingerprint density at radius 3 is 2.79 bits per heavy atom. The summed E-state index contributed by atoms with van der Waals surface area (Å²) in [6.45, 7) is 7.88. The van der Waals surface area contributed by atoms with Crippen molar-refractivity contribution in [3.63, 3.8) is 0 Å². The molecule has 1 N–H and O–H groups in total. The molecule has 2 rings (SSSR count). The van der Waals surface area contributed by atoms with Crippen molar-refractivity contribution in [2.45, 2.75) is 26.3 Å². The molecule has 106 valence electrons. The third-order valence-corrected chi connectivity index (χ3v) is 4.77. The number of benzene rings is 1. The van der Waals surface area contributed by atoms with Gasteiger partial charge in [0.15, 0.2) is 0 Å². The lowest BCUT2D eigenvalue weighted by molar-refractivity contribution is 0.190. The van der Waals surface area contributed by atoms with Crippen molar-refractivity contribution in [3.8, 4) is 0 Å². The van der Waals surface area contributed by atoms with Crippen LogP contribution in [0.25, 0.3) is 0 Å². The first-order valence-corrected chi connectivity index (χ1v) is 8.23. The van der Waals surface area contributed by atoms with Crippen molar-refractivity contribution in [2.75, 3.05) is 26.2 Å². The molecule has 1 aromatic carbocycles. The largest absolute Gasteiger partial charge is 0.312 e. The summed E-state index contributed by atoms with van der Waals surface area (Å²) in [7, 11) is 0. The summed E-state index contributed by atoms with van der Waals surface area (Å²) < 4.78 is 1.09. The molecule has 19 heavy (non-hydrogen) atoms. The van der Waals surface area contributed by atoms with Gasteiger partial charge in [-0.1, -0.05) is 34.5 Å². The molecule has 0 amide bonds. The van der Waals surface area contributed by atoms with E-state index in [0.717, 1.165) is 28.5 Å². The summed E-state index contributed by atoms with van der Waals surface area (Å²) in [5.74, 6) is 0.814. The molecule has 1 fully saturated rings. The zero-order chi connectivity index (χ0) is 13.7. The van der Waals surface area contributed by atoms with Gasteiger partial charge >= 0.3 is 0 Å². The molecule has 1 saturated heterocycles. The Kier molecular flexibility index (Phi) is 6.14. The molecule has 0 radical (unpaired) electrons. The summed E-state index contributed by atoms with van der Waals surface area (Å²) in [5.41, 5.74) is 1.17. The lowest BCUT2D eigenvalue weighted by Crippen LogP contribution is -2.36. The second-order valence-electron chi connectivity index (χ2n) is 5.24. The van der Waals surface area contributed by atoms with E-state index in [1.165, 1.54) is 38.0 Å². The first-order chi connectivity index (χ1) is 9.19. The molecule has 0 unspecified atom stereocenters. The van der Waals surface area contributed by atoms with Gasteiger partial charge in [-0.3, -0.25) is 0 Å². The fourth-order valence-corrected chi connectivity index (χ4v) is 3.19. The van der Waals surface area contributed by atoms with E-state index in [4.69, 9.17) is 11.6 Å². The molecule has 1 aliphatic rings. The lowest BCUT2D eigenvalue weighted by Gasteiger charge is -2.31. The zero-order valence-corrected chi connectivity index (χ0v) is 13.8. The van der Waals surface area contributed by atoms with Gasteiger partial charge in [0.1, 0.15) is 0 Å². The fraction of sp³-hybridized carbons (Fsp3) is 0.600. The van der Waals surface area contributed by atoms with E-state index in [9.17, 15) is 0 Å². The Hall–Kier alpha value is -0.0900. The van der Waals surface area contributed by atoms with Gasteiger partial charge < -0.3 is 10.2 Å². The summed E-state index contributed by atoms with van der Waals surface area (Å²) in [6, 6.07) is 6.02. The number of hydrogen-bond acceptors (Lipinski definition) is 2. The molecule has 0 bridgehead atoms. The Morgan fingerprint density at radius 2 is 2.11 bits per heavy atom. The maximum atomic E-state index is 6.19. The van der Waals surface area contributed by atoms with Crippen molar-refractivity contribution in [1.29, 1.82) is 0 Å². The summed E-state index contributed by atoms with van der Waals surface area (Å²) >= 11 is 9.68. The summed E-state index contributed by atoms with van der Waals surface area (Å²) in [4.78, 5) is 2.53. The van der Waals surface area contributed by atoms with E-state index in [-0.39, 0.29) is 0 Å². The Morgan fingerprint density at radius 1 is 1.37 bits per heavy atom. The standard InChI is InChI=1S/C15H22BrClN2/c1-2-19-7-5-12(6-8-19)10-18-11-13-9-14(16)3-4-15(13)17/h3-4,9,12,18H,2,5-8,10-11H2,1H3. The molecule has 0 aliphatic carbocycles. The number of rotatable bonds is 5. The molecule has 2 nitrogen and oxygen atoms in total. The normalized spacial score (nSPS) is 17.8. The van der Waals surface area contributed by atoms with Crippen LogP contribution in [0.2, 0.25) is 5.02 Å². The average molecular weight is 346 g/mol. The molecule has 0 spiro atoms. The van der Waals surface area contributed by atoms with Crippen LogP contribution >= 0.6 is 27.5 Å². The monoisotopic (exact) mass is 344 g/mol. The number of nitrogens with zero attached hydrogens (tertiary/aromatic N) is 1. The van der Waals surface area contributed by atoms with E-state index in [1.807, 2.05) is 12.1 Å². The predicted molar refractivity (Wildman–Crippen MR) is 85.7 cm³/mol. The molecule has 1 aliphatic heterocycles. The Bertz CT molecular complexity index is 403. The van der Waals surface area contributed by atoms with Crippen LogP contribution < -0.4 is 5.32 Å². The first-order valence-electron chi connectivity index (χ1n) is 7.06. The summed E-state index contributed by atoms with van der Waals surface area (Å²) in [6.07, 6.45) is 2.63. The lowest BCUT2D eigenvalue weighted by atomic mass is 9.97. The van der Waals surface area contributed by atoms with E-state index in [2.05, 4.69) is 39.1 Å². The van der Waals surface area contributed by atoms with Crippen LogP contribution in [0.1, 0.15) is 25.3 Å². The number of likely N-dealkylation sites (tertiary alicyclic amines) is 1. The van der Waals surface area contributed by atoms with Crippen molar-refractivity contribution in [2.24, 2.45) is 5.92 Å². The van der Waals surface area contributed by atoms with Crippen molar-refractivity contribution < 1.29 is 0 Å². The number of nitrogens with one attached hydrogen (secondary N) is 1. The molecule has 1 aromatic rings.